The van der Waals surface area contributed by atoms with Gasteiger partial charge in [-0.2, -0.15) is 4.98 Å². The minimum Gasteiger partial charge on any atom is -0.478 e. The van der Waals surface area contributed by atoms with Crippen molar-refractivity contribution in [3.05, 3.63) is 46.3 Å². The highest BCUT2D eigenvalue weighted by Crippen LogP contribution is 2.22. The second kappa shape index (κ2) is 5.84. The lowest BCUT2D eigenvalue weighted by Crippen LogP contribution is -2.15. The molecule has 0 unspecified atom stereocenters. The molecule has 0 spiro atoms. The van der Waals surface area contributed by atoms with Crippen LogP contribution in [0, 0.1) is 0 Å². The van der Waals surface area contributed by atoms with Crippen LogP contribution < -0.4 is 4.72 Å². The number of hydrogen-bond donors (Lipinski definition) is 2. The van der Waals surface area contributed by atoms with E-state index < -0.39 is 16.0 Å². The van der Waals surface area contributed by atoms with Crippen molar-refractivity contribution < 1.29 is 18.3 Å². The number of aromatic carboxylic acids is 1. The molecule has 2 aromatic rings. The Bertz CT molecular complexity index is 811. The zero-order valence-corrected chi connectivity index (χ0v) is 12.4. The summed E-state index contributed by atoms with van der Waals surface area (Å²) in [4.78, 5) is 18.0. The monoisotopic (exact) mass is 347 g/mol. The fourth-order valence-electron chi connectivity index (χ4n) is 1.42. The maximum Gasteiger partial charge on any atom is 0.337 e. The lowest BCUT2D eigenvalue weighted by atomic mass is 10.2. The first-order chi connectivity index (χ1) is 9.79. The molecule has 0 atom stereocenters. The average molecular weight is 348 g/mol. The lowest BCUT2D eigenvalue weighted by molar-refractivity contribution is 0.0697. The molecule has 0 amide bonds. The molecule has 0 aliphatic carbocycles. The molecule has 0 saturated heterocycles. The second-order valence-corrected chi connectivity index (χ2v) is 6.19. The third kappa shape index (κ3) is 3.60. The van der Waals surface area contributed by atoms with Crippen molar-refractivity contribution in [2.75, 3.05) is 4.72 Å². The van der Waals surface area contributed by atoms with Crippen molar-refractivity contribution in [2.24, 2.45) is 0 Å². The number of halogens is 2. The lowest BCUT2D eigenvalue weighted by Gasteiger charge is -2.08. The van der Waals surface area contributed by atoms with Crippen LogP contribution in [0.25, 0.3) is 0 Å². The van der Waals surface area contributed by atoms with Crippen molar-refractivity contribution in [1.29, 1.82) is 0 Å². The smallest absolute Gasteiger partial charge is 0.337 e. The van der Waals surface area contributed by atoms with Crippen molar-refractivity contribution in [3.8, 4) is 0 Å². The van der Waals surface area contributed by atoms with Gasteiger partial charge < -0.3 is 5.11 Å². The van der Waals surface area contributed by atoms with E-state index in [2.05, 4.69) is 14.7 Å². The second-order valence-electron chi connectivity index (χ2n) is 3.76. The van der Waals surface area contributed by atoms with Crippen LogP contribution in [0.1, 0.15) is 10.4 Å². The number of benzene rings is 1. The Morgan fingerprint density at radius 3 is 2.57 bits per heavy atom. The van der Waals surface area contributed by atoms with Crippen LogP contribution in [-0.2, 0) is 10.0 Å². The highest BCUT2D eigenvalue weighted by molar-refractivity contribution is 7.92. The minimum absolute atomic E-state index is 0.0400. The molecule has 0 aliphatic heterocycles. The molecule has 0 bridgehead atoms. The van der Waals surface area contributed by atoms with E-state index in [4.69, 9.17) is 28.3 Å². The Balaban J connectivity index is 2.40. The van der Waals surface area contributed by atoms with E-state index in [-0.39, 0.29) is 26.6 Å². The first kappa shape index (κ1) is 15.5. The predicted octanol–water partition coefficient (Wildman–Crippen LogP) is 2.28. The quantitative estimate of drug-likeness (QED) is 0.821. The number of carboxylic acids is 1. The molecule has 1 aromatic heterocycles. The van der Waals surface area contributed by atoms with E-state index in [9.17, 15) is 13.2 Å². The van der Waals surface area contributed by atoms with Crippen LogP contribution in [0.2, 0.25) is 10.3 Å². The maximum atomic E-state index is 12.1. The molecule has 1 aromatic carbocycles. The normalized spacial score (nSPS) is 11.1. The SMILES string of the molecule is O=C(O)c1cc(S(=O)(=O)Nc2ccnc(Cl)n2)ccc1Cl. The molecule has 0 aliphatic rings. The number of carbonyl (C=O) groups is 1. The van der Waals surface area contributed by atoms with Gasteiger partial charge >= 0.3 is 5.97 Å². The number of rotatable bonds is 4. The Morgan fingerprint density at radius 1 is 1.24 bits per heavy atom. The molecule has 7 nitrogen and oxygen atoms in total. The van der Waals surface area contributed by atoms with Gasteiger partial charge in [0.25, 0.3) is 10.0 Å². The van der Waals surface area contributed by atoms with Gasteiger partial charge in [-0.15, -0.1) is 0 Å². The highest BCUT2D eigenvalue weighted by atomic mass is 35.5. The summed E-state index contributed by atoms with van der Waals surface area (Å²) in [6.45, 7) is 0. The Morgan fingerprint density at radius 2 is 1.95 bits per heavy atom. The van der Waals surface area contributed by atoms with E-state index in [1.54, 1.807) is 0 Å². The Hall–Kier alpha value is -1.90. The van der Waals surface area contributed by atoms with Crippen molar-refractivity contribution in [2.45, 2.75) is 4.90 Å². The summed E-state index contributed by atoms with van der Waals surface area (Å²) in [7, 11) is -4.02. The summed E-state index contributed by atoms with van der Waals surface area (Å²) in [5, 5.41) is 8.75. The van der Waals surface area contributed by atoms with Crippen LogP contribution in [-0.4, -0.2) is 29.5 Å². The molecule has 0 radical (unpaired) electrons. The van der Waals surface area contributed by atoms with Crippen molar-refractivity contribution in [3.63, 3.8) is 0 Å². The van der Waals surface area contributed by atoms with Crippen LogP contribution >= 0.6 is 23.2 Å². The first-order valence-electron chi connectivity index (χ1n) is 5.34. The van der Waals surface area contributed by atoms with Crippen LogP contribution in [0.5, 0.6) is 0 Å². The summed E-state index contributed by atoms with van der Waals surface area (Å²) >= 11 is 11.2. The number of nitrogens with one attached hydrogen (secondary N) is 1. The van der Waals surface area contributed by atoms with Crippen molar-refractivity contribution >= 4 is 45.0 Å². The largest absolute Gasteiger partial charge is 0.478 e. The van der Waals surface area contributed by atoms with Gasteiger partial charge in [-0.25, -0.2) is 18.2 Å². The van der Waals surface area contributed by atoms with Crippen LogP contribution in [0.3, 0.4) is 0 Å². The minimum atomic E-state index is -4.02. The molecule has 10 heteroatoms. The van der Waals surface area contributed by atoms with Gasteiger partial charge in [-0.3, -0.25) is 4.72 Å². The molecule has 0 saturated carbocycles. The molecule has 2 N–H and O–H groups in total. The number of sulfonamides is 1. The van der Waals surface area contributed by atoms with Gasteiger partial charge in [0.2, 0.25) is 5.28 Å². The molecule has 110 valence electrons. The zero-order valence-electron chi connectivity index (χ0n) is 10.1. The molecular formula is C11H7Cl2N3O4S. The maximum absolute atomic E-state index is 12.1. The molecule has 1 heterocycles. The summed E-state index contributed by atoms with van der Waals surface area (Å²) < 4.78 is 26.5. The summed E-state index contributed by atoms with van der Waals surface area (Å²) in [6.07, 6.45) is 1.28. The third-order valence-corrected chi connectivity index (χ3v) is 4.21. The van der Waals surface area contributed by atoms with Gasteiger partial charge in [0.05, 0.1) is 15.5 Å². The van der Waals surface area contributed by atoms with E-state index in [0.29, 0.717) is 0 Å². The van der Waals surface area contributed by atoms with Gasteiger partial charge in [0.15, 0.2) is 0 Å². The van der Waals surface area contributed by atoms with Gasteiger partial charge in [0.1, 0.15) is 5.82 Å². The standard InChI is InChI=1S/C11H7Cl2N3O4S/c12-8-2-1-6(5-7(8)10(17)18)21(19,20)16-9-3-4-14-11(13)15-9/h1-5H,(H,17,18)(H,14,15,16). The number of anilines is 1. The van der Waals surface area contributed by atoms with Gasteiger partial charge in [-0.1, -0.05) is 11.6 Å². The predicted molar refractivity (Wildman–Crippen MR) is 76.3 cm³/mol. The molecule has 21 heavy (non-hydrogen) atoms. The van der Waals surface area contributed by atoms with Crippen LogP contribution in [0.15, 0.2) is 35.4 Å². The van der Waals surface area contributed by atoms with Gasteiger partial charge in [-0.05, 0) is 35.9 Å². The summed E-state index contributed by atoms with van der Waals surface area (Å²) in [5.41, 5.74) is -0.319. The Labute approximate surface area is 129 Å². The van der Waals surface area contributed by atoms with E-state index >= 15 is 0 Å². The van der Waals surface area contributed by atoms with Crippen LogP contribution in [0.4, 0.5) is 5.82 Å². The number of hydrogen-bond acceptors (Lipinski definition) is 5. The van der Waals surface area contributed by atoms with E-state index in [1.165, 1.54) is 24.4 Å². The summed E-state index contributed by atoms with van der Waals surface area (Å²) in [6, 6.07) is 4.62. The molecular weight excluding hydrogens is 341 g/mol. The molecule has 0 fully saturated rings. The fourth-order valence-corrected chi connectivity index (χ4v) is 2.80. The summed E-state index contributed by atoms with van der Waals surface area (Å²) in [5.74, 6) is -1.37. The third-order valence-electron chi connectivity index (χ3n) is 2.34. The zero-order chi connectivity index (χ0) is 15.6. The average Bonchev–Trinajstić information content (AvgIpc) is 2.38. The number of nitrogens with zero attached hydrogens (tertiary/aromatic N) is 2. The Kier molecular flexibility index (Phi) is 4.31. The molecule has 2 rings (SSSR count). The topological polar surface area (TPSA) is 109 Å². The van der Waals surface area contributed by atoms with E-state index in [0.717, 1.165) is 6.07 Å². The fraction of sp³-hybridized carbons (Fsp3) is 0. The number of carboxylic acid groups (broad SMARTS) is 1. The van der Waals surface area contributed by atoms with Gasteiger partial charge in [0, 0.05) is 6.20 Å². The van der Waals surface area contributed by atoms with E-state index in [1.807, 2.05) is 0 Å². The first-order valence-corrected chi connectivity index (χ1v) is 7.58. The number of aromatic nitrogens is 2. The highest BCUT2D eigenvalue weighted by Gasteiger charge is 2.19. The van der Waals surface area contributed by atoms with Crippen molar-refractivity contribution in [1.82, 2.24) is 9.97 Å².